The first-order valence-electron chi connectivity index (χ1n) is 7.15. The van der Waals surface area contributed by atoms with Crippen LogP contribution in [0.4, 0.5) is 0 Å². The van der Waals surface area contributed by atoms with Gasteiger partial charge in [-0.05, 0) is 30.6 Å². The molecule has 1 rings (SSSR count). The molecule has 0 amide bonds. The Bertz CT molecular complexity index is 356. The molecule has 0 saturated heterocycles. The monoisotopic (exact) mass is 282 g/mol. The van der Waals surface area contributed by atoms with Gasteiger partial charge in [-0.1, -0.05) is 32.9 Å². The van der Waals surface area contributed by atoms with Crippen LogP contribution in [0.3, 0.4) is 0 Å². The summed E-state index contributed by atoms with van der Waals surface area (Å²) in [6.07, 6.45) is 8.09. The second-order valence-electron chi connectivity index (χ2n) is 5.34. The standard InChI is InChI=1S/C16H26O2S/c1-12(2)19-15-10-6-5-9-14(15)16(17)13(3)8-7-11-18-4/h5,9,12-13H,6-8,10-11H2,1-4H3. The highest BCUT2D eigenvalue weighted by atomic mass is 32.2. The summed E-state index contributed by atoms with van der Waals surface area (Å²) in [7, 11) is 1.70. The first-order valence-corrected chi connectivity index (χ1v) is 8.03. The summed E-state index contributed by atoms with van der Waals surface area (Å²) in [5, 5.41) is 0.535. The minimum Gasteiger partial charge on any atom is -0.385 e. The molecule has 2 nitrogen and oxygen atoms in total. The Balaban J connectivity index is 2.70. The molecule has 0 N–H and O–H groups in total. The van der Waals surface area contributed by atoms with Crippen LogP contribution in [0.1, 0.15) is 46.5 Å². The van der Waals surface area contributed by atoms with Gasteiger partial charge in [0.25, 0.3) is 0 Å². The number of Topliss-reactive ketones (excluding diaryl/α,β-unsaturated/α-hetero) is 1. The minimum atomic E-state index is 0.0932. The molecule has 1 unspecified atom stereocenters. The Morgan fingerprint density at radius 2 is 2.16 bits per heavy atom. The topological polar surface area (TPSA) is 26.3 Å². The molecule has 1 atom stereocenters. The van der Waals surface area contributed by atoms with Crippen molar-refractivity contribution in [2.45, 2.75) is 51.7 Å². The van der Waals surface area contributed by atoms with Gasteiger partial charge in [-0.2, -0.15) is 0 Å². The molecule has 19 heavy (non-hydrogen) atoms. The summed E-state index contributed by atoms with van der Waals surface area (Å²) in [5.74, 6) is 0.394. The molecule has 1 aliphatic rings. The number of methoxy groups -OCH3 is 1. The van der Waals surface area contributed by atoms with Crippen LogP contribution < -0.4 is 0 Å². The number of ketones is 1. The smallest absolute Gasteiger partial charge is 0.166 e. The molecule has 0 bridgehead atoms. The van der Waals surface area contributed by atoms with E-state index in [1.165, 1.54) is 4.91 Å². The number of rotatable bonds is 8. The minimum absolute atomic E-state index is 0.0932. The maximum atomic E-state index is 12.5. The van der Waals surface area contributed by atoms with Gasteiger partial charge in [-0.25, -0.2) is 0 Å². The van der Waals surface area contributed by atoms with E-state index in [1.54, 1.807) is 7.11 Å². The highest BCUT2D eigenvalue weighted by molar-refractivity contribution is 8.03. The maximum absolute atomic E-state index is 12.5. The fourth-order valence-corrected chi connectivity index (χ4v) is 3.30. The van der Waals surface area contributed by atoms with Crippen LogP contribution in [-0.4, -0.2) is 24.7 Å². The van der Waals surface area contributed by atoms with E-state index in [1.807, 2.05) is 24.8 Å². The van der Waals surface area contributed by atoms with Crippen molar-refractivity contribution in [2.24, 2.45) is 5.92 Å². The molecule has 3 heteroatoms. The van der Waals surface area contributed by atoms with Gasteiger partial charge in [0.15, 0.2) is 5.78 Å². The second kappa shape index (κ2) is 8.60. The van der Waals surface area contributed by atoms with Crippen LogP contribution >= 0.6 is 11.8 Å². The van der Waals surface area contributed by atoms with Crippen molar-refractivity contribution in [1.29, 1.82) is 0 Å². The Hall–Kier alpha value is -0.540. The number of carbonyl (C=O) groups is 1. The third-order valence-corrected chi connectivity index (χ3v) is 4.38. The van der Waals surface area contributed by atoms with Gasteiger partial charge in [0.05, 0.1) is 0 Å². The zero-order valence-corrected chi connectivity index (χ0v) is 13.4. The van der Waals surface area contributed by atoms with E-state index < -0.39 is 0 Å². The van der Waals surface area contributed by atoms with Crippen molar-refractivity contribution in [3.63, 3.8) is 0 Å². The fraction of sp³-hybridized carbons (Fsp3) is 0.688. The SMILES string of the molecule is COCCCC(C)C(=O)C1=C(SC(C)C)CCC=C1. The Labute approximate surface area is 121 Å². The maximum Gasteiger partial charge on any atom is 0.166 e. The molecule has 0 heterocycles. The molecule has 0 aliphatic heterocycles. The predicted molar refractivity (Wildman–Crippen MR) is 83.4 cm³/mol. The second-order valence-corrected chi connectivity index (χ2v) is 7.02. The van der Waals surface area contributed by atoms with Crippen molar-refractivity contribution in [3.8, 4) is 0 Å². The molecule has 0 spiro atoms. The zero-order valence-electron chi connectivity index (χ0n) is 12.6. The first-order chi connectivity index (χ1) is 9.06. The summed E-state index contributed by atoms with van der Waals surface area (Å²) in [5.41, 5.74) is 0.954. The number of ether oxygens (including phenoxy) is 1. The predicted octanol–water partition coefficient (Wildman–Crippen LogP) is 4.36. The van der Waals surface area contributed by atoms with Crippen molar-refractivity contribution in [2.75, 3.05) is 13.7 Å². The third-order valence-electron chi connectivity index (χ3n) is 3.20. The van der Waals surface area contributed by atoms with Gasteiger partial charge >= 0.3 is 0 Å². The van der Waals surface area contributed by atoms with E-state index in [4.69, 9.17) is 4.74 Å². The summed E-state index contributed by atoms with van der Waals surface area (Å²) in [6, 6.07) is 0. The van der Waals surface area contributed by atoms with E-state index >= 15 is 0 Å². The van der Waals surface area contributed by atoms with Crippen molar-refractivity contribution >= 4 is 17.5 Å². The van der Waals surface area contributed by atoms with Gasteiger partial charge in [-0.3, -0.25) is 4.79 Å². The molecular formula is C16H26O2S. The average Bonchev–Trinajstić information content (AvgIpc) is 2.38. The molecular weight excluding hydrogens is 256 g/mol. The fourth-order valence-electron chi connectivity index (χ4n) is 2.20. The van der Waals surface area contributed by atoms with Crippen molar-refractivity contribution < 1.29 is 9.53 Å². The summed E-state index contributed by atoms with van der Waals surface area (Å²) < 4.78 is 5.05. The van der Waals surface area contributed by atoms with Crippen LogP contribution in [-0.2, 0) is 9.53 Å². The largest absolute Gasteiger partial charge is 0.385 e. The van der Waals surface area contributed by atoms with E-state index in [9.17, 15) is 4.79 Å². The van der Waals surface area contributed by atoms with Crippen LogP contribution in [0.5, 0.6) is 0 Å². The lowest BCUT2D eigenvalue weighted by atomic mass is 9.92. The molecule has 0 saturated carbocycles. The summed E-state index contributed by atoms with van der Waals surface area (Å²) >= 11 is 1.84. The van der Waals surface area contributed by atoms with Crippen molar-refractivity contribution in [1.82, 2.24) is 0 Å². The van der Waals surface area contributed by atoms with Crippen LogP contribution in [0.2, 0.25) is 0 Å². The Morgan fingerprint density at radius 3 is 2.79 bits per heavy atom. The normalized spacial score (nSPS) is 17.1. The van der Waals surface area contributed by atoms with Gasteiger partial charge in [0, 0.05) is 30.5 Å². The van der Waals surface area contributed by atoms with Gasteiger partial charge in [0.2, 0.25) is 0 Å². The highest BCUT2D eigenvalue weighted by Crippen LogP contribution is 2.33. The summed E-state index contributed by atoms with van der Waals surface area (Å²) in [6.45, 7) is 7.13. The quantitative estimate of drug-likeness (QED) is 0.619. The van der Waals surface area contributed by atoms with Crippen molar-refractivity contribution in [3.05, 3.63) is 22.6 Å². The van der Waals surface area contributed by atoms with Gasteiger partial charge < -0.3 is 4.74 Å². The third kappa shape index (κ3) is 5.53. The Morgan fingerprint density at radius 1 is 1.42 bits per heavy atom. The highest BCUT2D eigenvalue weighted by Gasteiger charge is 2.21. The zero-order chi connectivity index (χ0) is 14.3. The van der Waals surface area contributed by atoms with Crippen LogP contribution in [0.15, 0.2) is 22.6 Å². The number of hydrogen-bond acceptors (Lipinski definition) is 3. The lowest BCUT2D eigenvalue weighted by molar-refractivity contribution is -0.118. The van der Waals surface area contributed by atoms with Crippen LogP contribution in [0, 0.1) is 5.92 Å². The van der Waals surface area contributed by atoms with Gasteiger partial charge in [0.1, 0.15) is 0 Å². The number of hydrogen-bond donors (Lipinski definition) is 0. The molecule has 108 valence electrons. The van der Waals surface area contributed by atoms with Crippen LogP contribution in [0.25, 0.3) is 0 Å². The van der Waals surface area contributed by atoms with Gasteiger partial charge in [-0.15, -0.1) is 11.8 Å². The number of allylic oxidation sites excluding steroid dienone is 4. The molecule has 1 aliphatic carbocycles. The molecule has 0 aromatic rings. The lowest BCUT2D eigenvalue weighted by Gasteiger charge is -2.19. The number of carbonyl (C=O) groups excluding carboxylic acids is 1. The molecule has 0 aromatic heterocycles. The molecule has 0 fully saturated rings. The first kappa shape index (κ1) is 16.5. The van der Waals surface area contributed by atoms with E-state index in [0.29, 0.717) is 11.0 Å². The molecule has 0 aromatic carbocycles. The van der Waals surface area contributed by atoms with E-state index in [-0.39, 0.29) is 5.92 Å². The number of thioether (sulfide) groups is 1. The van der Waals surface area contributed by atoms with E-state index in [2.05, 4.69) is 19.9 Å². The average molecular weight is 282 g/mol. The summed E-state index contributed by atoms with van der Waals surface area (Å²) in [4.78, 5) is 13.8. The molecule has 0 radical (unpaired) electrons. The Kier molecular flexibility index (Phi) is 7.47. The van der Waals surface area contributed by atoms with E-state index in [0.717, 1.165) is 37.9 Å². The lowest BCUT2D eigenvalue weighted by Crippen LogP contribution is -2.16.